The van der Waals surface area contributed by atoms with Gasteiger partial charge in [-0.2, -0.15) is 0 Å². The summed E-state index contributed by atoms with van der Waals surface area (Å²) in [5.41, 5.74) is 3.84. The molecule has 0 fully saturated rings. The third-order valence-electron chi connectivity index (χ3n) is 13.0. The SMILES string of the molecule is CCCCCCCCCc1cc(CCCCCCCCC)c2ccccc2c1S(=O)(=O)[O-].CCCCCCCCCc1cc(CCCCCCCCC)c2ccccc2c1S(=O)(=O)[O-].[Ba+2]. The van der Waals surface area contributed by atoms with Gasteiger partial charge in [-0.15, -0.1) is 0 Å². The fourth-order valence-electron chi connectivity index (χ4n) is 9.44. The van der Waals surface area contributed by atoms with Crippen molar-refractivity contribution in [1.82, 2.24) is 0 Å². The second-order valence-corrected chi connectivity index (χ2v) is 21.2. The average molecular weight is 1060 g/mol. The molecule has 4 aromatic rings. The van der Waals surface area contributed by atoms with E-state index in [2.05, 4.69) is 27.7 Å². The third-order valence-corrected chi connectivity index (χ3v) is 15.0. The van der Waals surface area contributed by atoms with Gasteiger partial charge in [0, 0.05) is 0 Å². The number of hydrogen-bond acceptors (Lipinski definition) is 6. The first kappa shape index (κ1) is 59.9. The van der Waals surface area contributed by atoms with Crippen molar-refractivity contribution >= 4 is 90.7 Å². The number of unbranched alkanes of at least 4 members (excludes halogenated alkanes) is 24. The fraction of sp³-hybridized carbons (Fsp3) is 0.643. The van der Waals surface area contributed by atoms with Crippen LogP contribution in [0.25, 0.3) is 21.5 Å². The van der Waals surface area contributed by atoms with Crippen LogP contribution in [0.3, 0.4) is 0 Å². The van der Waals surface area contributed by atoms with E-state index in [1.165, 1.54) is 152 Å². The van der Waals surface area contributed by atoms with Crippen LogP contribution in [0, 0.1) is 0 Å². The average Bonchev–Trinajstić information content (AvgIpc) is 3.27. The van der Waals surface area contributed by atoms with Crippen molar-refractivity contribution in [1.29, 1.82) is 0 Å². The van der Waals surface area contributed by atoms with E-state index in [9.17, 15) is 25.9 Å². The minimum atomic E-state index is -4.52. The fourth-order valence-corrected chi connectivity index (χ4v) is 11.3. The topological polar surface area (TPSA) is 114 Å². The molecule has 65 heavy (non-hydrogen) atoms. The molecule has 9 heteroatoms. The van der Waals surface area contributed by atoms with Gasteiger partial charge in [-0.25, -0.2) is 16.8 Å². The Labute approximate surface area is 438 Å². The van der Waals surface area contributed by atoms with E-state index in [1.807, 2.05) is 60.7 Å². The van der Waals surface area contributed by atoms with Gasteiger partial charge in [-0.3, -0.25) is 0 Å². The van der Waals surface area contributed by atoms with E-state index >= 15 is 0 Å². The van der Waals surface area contributed by atoms with Crippen molar-refractivity contribution in [2.24, 2.45) is 0 Å². The van der Waals surface area contributed by atoms with Gasteiger partial charge in [-0.1, -0.05) is 242 Å². The van der Waals surface area contributed by atoms with Crippen LogP contribution in [0.2, 0.25) is 0 Å². The number of benzene rings is 4. The predicted molar refractivity (Wildman–Crippen MR) is 276 cm³/mol. The van der Waals surface area contributed by atoms with Gasteiger partial charge < -0.3 is 9.11 Å². The molecule has 360 valence electrons. The summed E-state index contributed by atoms with van der Waals surface area (Å²) in [6.07, 6.45) is 37.2. The number of aryl methyl sites for hydroxylation is 4. The maximum absolute atomic E-state index is 12.2. The van der Waals surface area contributed by atoms with Gasteiger partial charge >= 0.3 is 48.9 Å². The number of fused-ring (bicyclic) bond motifs is 2. The van der Waals surface area contributed by atoms with Gasteiger partial charge in [0.05, 0.1) is 9.79 Å². The van der Waals surface area contributed by atoms with E-state index < -0.39 is 20.2 Å². The van der Waals surface area contributed by atoms with Crippen molar-refractivity contribution in [3.63, 3.8) is 0 Å². The maximum atomic E-state index is 12.2. The van der Waals surface area contributed by atoms with Crippen LogP contribution in [0.5, 0.6) is 0 Å². The van der Waals surface area contributed by atoms with E-state index in [0.29, 0.717) is 23.6 Å². The molecule has 0 N–H and O–H groups in total. The van der Waals surface area contributed by atoms with Crippen LogP contribution in [-0.4, -0.2) is 74.8 Å². The van der Waals surface area contributed by atoms with E-state index in [1.54, 1.807) is 0 Å². The zero-order chi connectivity index (χ0) is 46.5. The molecule has 0 atom stereocenters. The summed E-state index contributed by atoms with van der Waals surface area (Å²) < 4.78 is 73.3. The molecular formula is C56H86BaO6S2. The normalized spacial score (nSPS) is 11.8. The van der Waals surface area contributed by atoms with Gasteiger partial charge in [-0.05, 0) is 95.2 Å². The summed E-state index contributed by atoms with van der Waals surface area (Å²) in [5.74, 6) is 0. The Balaban J connectivity index is 0.000000440. The second-order valence-electron chi connectivity index (χ2n) is 18.5. The largest absolute Gasteiger partial charge is 2.00 e. The Morgan fingerprint density at radius 1 is 0.323 bits per heavy atom. The Morgan fingerprint density at radius 2 is 0.538 bits per heavy atom. The first-order chi connectivity index (χ1) is 31.0. The molecule has 4 aromatic carbocycles. The zero-order valence-corrected chi connectivity index (χ0v) is 47.4. The van der Waals surface area contributed by atoms with Gasteiger partial charge in [0.15, 0.2) is 0 Å². The van der Waals surface area contributed by atoms with Gasteiger partial charge in [0.25, 0.3) is 0 Å². The van der Waals surface area contributed by atoms with Gasteiger partial charge in [0.2, 0.25) is 0 Å². The van der Waals surface area contributed by atoms with Crippen molar-refractivity contribution in [3.8, 4) is 0 Å². The van der Waals surface area contributed by atoms with E-state index in [4.69, 9.17) is 0 Å². The summed E-state index contributed by atoms with van der Waals surface area (Å²) in [5, 5.41) is 3.08. The molecule has 0 aromatic heterocycles. The molecule has 0 unspecified atom stereocenters. The number of rotatable bonds is 34. The molecular weight excluding hydrogens is 970 g/mol. The van der Waals surface area contributed by atoms with E-state index in [-0.39, 0.29) is 58.7 Å². The van der Waals surface area contributed by atoms with Crippen molar-refractivity contribution < 1.29 is 25.9 Å². The van der Waals surface area contributed by atoms with Gasteiger partial charge in [0.1, 0.15) is 20.2 Å². The Hall–Kier alpha value is -1.21. The first-order valence-electron chi connectivity index (χ1n) is 26.0. The molecule has 0 saturated heterocycles. The molecule has 0 spiro atoms. The summed E-state index contributed by atoms with van der Waals surface area (Å²) in [6, 6.07) is 19.2. The Kier molecular flexibility index (Phi) is 32.2. The summed E-state index contributed by atoms with van der Waals surface area (Å²) >= 11 is 0. The molecule has 0 aliphatic heterocycles. The smallest absolute Gasteiger partial charge is 0.744 e. The van der Waals surface area contributed by atoms with Crippen LogP contribution >= 0.6 is 0 Å². The molecule has 0 heterocycles. The van der Waals surface area contributed by atoms with E-state index in [0.717, 1.165) is 73.3 Å². The monoisotopic (exact) mass is 1060 g/mol. The standard InChI is InChI=1S/2C28H44O3S.Ba/c2*1-3-5-7-9-11-13-15-19-24-23-25(20-16-14-12-10-8-6-4-2)28(32(29,30)31)27-22-18-17-21-26(24)27;/h2*17-18,21-23H,3-16,19-20H2,1-2H3,(H,29,30,31);/q;;+2/p-2. The first-order valence-corrected chi connectivity index (χ1v) is 28.8. The molecule has 4 rings (SSSR count). The minimum absolute atomic E-state index is 0. The minimum Gasteiger partial charge on any atom is -0.744 e. The van der Waals surface area contributed by atoms with Crippen molar-refractivity contribution in [2.45, 2.75) is 243 Å². The molecule has 0 bridgehead atoms. The molecule has 0 aliphatic carbocycles. The van der Waals surface area contributed by atoms with Crippen LogP contribution in [-0.2, 0) is 45.9 Å². The molecule has 6 nitrogen and oxygen atoms in total. The molecule has 0 radical (unpaired) electrons. The maximum Gasteiger partial charge on any atom is 2.00 e. The summed E-state index contributed by atoms with van der Waals surface area (Å²) in [7, 11) is -9.04. The zero-order valence-electron chi connectivity index (χ0n) is 41.4. The Bertz CT molecular complexity index is 1960. The second kappa shape index (κ2) is 35.0. The number of hydrogen-bond donors (Lipinski definition) is 0. The molecule has 0 aliphatic rings. The summed E-state index contributed by atoms with van der Waals surface area (Å²) in [6.45, 7) is 8.91. The molecule has 0 saturated carbocycles. The quantitative estimate of drug-likeness (QED) is 0.0261. The van der Waals surface area contributed by atoms with Crippen LogP contribution in [0.1, 0.15) is 230 Å². The van der Waals surface area contributed by atoms with Crippen molar-refractivity contribution in [3.05, 3.63) is 82.9 Å². The van der Waals surface area contributed by atoms with Crippen LogP contribution in [0.4, 0.5) is 0 Å². The Morgan fingerprint density at radius 3 is 0.785 bits per heavy atom. The molecule has 0 amide bonds. The predicted octanol–water partition coefficient (Wildman–Crippen LogP) is 16.3. The van der Waals surface area contributed by atoms with Crippen LogP contribution < -0.4 is 0 Å². The van der Waals surface area contributed by atoms with Crippen molar-refractivity contribution in [2.75, 3.05) is 0 Å². The van der Waals surface area contributed by atoms with Crippen LogP contribution in [0.15, 0.2) is 70.5 Å². The third kappa shape index (κ3) is 22.8. The summed E-state index contributed by atoms with van der Waals surface area (Å²) in [4.78, 5) is 0.0322.